The number of piperidine rings is 1. The fourth-order valence-electron chi connectivity index (χ4n) is 4.04. The standard InChI is InChI=1S/C22H30ClN3O4/c1-2-30-22(29)17-8-10-25(11-9-17)20(27)6-7-21(28)26-14-12-24(13-15-26)19-5-3-4-18(23)16-19/h3-5,16-17H,2,6-15H2,1H3. The van der Waals surface area contributed by atoms with Gasteiger partial charge in [-0.2, -0.15) is 0 Å². The average Bonchev–Trinajstić information content (AvgIpc) is 2.77. The second-order valence-electron chi connectivity index (χ2n) is 7.75. The molecule has 0 bridgehead atoms. The maximum Gasteiger partial charge on any atom is 0.309 e. The molecule has 0 saturated carbocycles. The third-order valence-electron chi connectivity index (χ3n) is 5.83. The number of carbonyl (C=O) groups excluding carboxylic acids is 3. The van der Waals surface area contributed by atoms with E-state index in [1.807, 2.05) is 29.2 Å². The van der Waals surface area contributed by atoms with E-state index < -0.39 is 0 Å². The summed E-state index contributed by atoms with van der Waals surface area (Å²) in [5.41, 5.74) is 1.07. The summed E-state index contributed by atoms with van der Waals surface area (Å²) in [6.45, 7) is 6.07. The molecule has 0 aliphatic carbocycles. The number of amides is 2. The minimum Gasteiger partial charge on any atom is -0.466 e. The van der Waals surface area contributed by atoms with Gasteiger partial charge in [0.15, 0.2) is 0 Å². The number of esters is 1. The van der Waals surface area contributed by atoms with Gasteiger partial charge in [0.05, 0.1) is 12.5 Å². The van der Waals surface area contributed by atoms with E-state index >= 15 is 0 Å². The van der Waals surface area contributed by atoms with E-state index in [0.29, 0.717) is 50.7 Å². The van der Waals surface area contributed by atoms with Gasteiger partial charge in [-0.05, 0) is 38.0 Å². The predicted molar refractivity (Wildman–Crippen MR) is 115 cm³/mol. The molecule has 1 aromatic carbocycles. The van der Waals surface area contributed by atoms with Gasteiger partial charge in [0.2, 0.25) is 11.8 Å². The third-order valence-corrected chi connectivity index (χ3v) is 6.06. The Morgan fingerprint density at radius 3 is 2.13 bits per heavy atom. The van der Waals surface area contributed by atoms with E-state index in [1.54, 1.807) is 11.8 Å². The van der Waals surface area contributed by atoms with Gasteiger partial charge in [-0.25, -0.2) is 0 Å². The van der Waals surface area contributed by atoms with Crippen molar-refractivity contribution >= 4 is 35.1 Å². The van der Waals surface area contributed by atoms with Crippen molar-refractivity contribution in [3.63, 3.8) is 0 Å². The number of benzene rings is 1. The van der Waals surface area contributed by atoms with Crippen molar-refractivity contribution in [2.45, 2.75) is 32.6 Å². The molecule has 0 spiro atoms. The van der Waals surface area contributed by atoms with Crippen LogP contribution in [0.4, 0.5) is 5.69 Å². The molecule has 2 amide bonds. The molecule has 2 heterocycles. The van der Waals surface area contributed by atoms with Crippen LogP contribution in [-0.4, -0.2) is 73.5 Å². The maximum atomic E-state index is 12.6. The van der Waals surface area contributed by atoms with Crippen molar-refractivity contribution < 1.29 is 19.1 Å². The van der Waals surface area contributed by atoms with Crippen LogP contribution in [0.3, 0.4) is 0 Å². The molecule has 3 rings (SSSR count). The van der Waals surface area contributed by atoms with E-state index in [9.17, 15) is 14.4 Å². The fourth-order valence-corrected chi connectivity index (χ4v) is 4.23. The van der Waals surface area contributed by atoms with Crippen molar-refractivity contribution in [2.75, 3.05) is 50.8 Å². The predicted octanol–water partition coefficient (Wildman–Crippen LogP) is 2.57. The average molecular weight is 436 g/mol. The number of likely N-dealkylation sites (tertiary alicyclic amines) is 1. The Morgan fingerprint density at radius 1 is 0.967 bits per heavy atom. The molecule has 0 radical (unpaired) electrons. The summed E-state index contributed by atoms with van der Waals surface area (Å²) < 4.78 is 5.06. The van der Waals surface area contributed by atoms with Gasteiger partial charge in [-0.3, -0.25) is 14.4 Å². The Bertz CT molecular complexity index is 757. The molecule has 2 aliphatic heterocycles. The first-order valence-electron chi connectivity index (χ1n) is 10.7. The van der Waals surface area contributed by atoms with Crippen LogP contribution in [0.25, 0.3) is 0 Å². The van der Waals surface area contributed by atoms with Crippen molar-refractivity contribution in [2.24, 2.45) is 5.92 Å². The SMILES string of the molecule is CCOC(=O)C1CCN(C(=O)CCC(=O)N2CCN(c3cccc(Cl)c3)CC2)CC1. The number of hydrogen-bond acceptors (Lipinski definition) is 5. The highest BCUT2D eigenvalue weighted by molar-refractivity contribution is 6.30. The van der Waals surface area contributed by atoms with Crippen molar-refractivity contribution in [1.29, 1.82) is 0 Å². The van der Waals surface area contributed by atoms with Crippen LogP contribution in [0, 0.1) is 5.92 Å². The van der Waals surface area contributed by atoms with Crippen LogP contribution in [-0.2, 0) is 19.1 Å². The quantitative estimate of drug-likeness (QED) is 0.642. The summed E-state index contributed by atoms with van der Waals surface area (Å²) in [4.78, 5) is 42.6. The number of rotatable bonds is 6. The van der Waals surface area contributed by atoms with Gasteiger partial charge in [0.25, 0.3) is 0 Å². The van der Waals surface area contributed by atoms with Crippen LogP contribution < -0.4 is 4.90 Å². The van der Waals surface area contributed by atoms with Gasteiger partial charge in [0, 0.05) is 62.8 Å². The Balaban J connectivity index is 1.38. The van der Waals surface area contributed by atoms with Crippen molar-refractivity contribution in [1.82, 2.24) is 9.80 Å². The number of halogens is 1. The van der Waals surface area contributed by atoms with Gasteiger partial charge in [-0.15, -0.1) is 0 Å². The molecule has 0 unspecified atom stereocenters. The van der Waals surface area contributed by atoms with Gasteiger partial charge >= 0.3 is 5.97 Å². The number of piperazine rings is 1. The Hall–Kier alpha value is -2.28. The van der Waals surface area contributed by atoms with Crippen LogP contribution in [0.15, 0.2) is 24.3 Å². The zero-order valence-corrected chi connectivity index (χ0v) is 18.3. The first-order chi connectivity index (χ1) is 14.5. The first kappa shape index (κ1) is 22.4. The molecule has 0 aromatic heterocycles. The van der Waals surface area contributed by atoms with Gasteiger partial charge in [0.1, 0.15) is 0 Å². The zero-order valence-electron chi connectivity index (χ0n) is 17.5. The number of hydrogen-bond donors (Lipinski definition) is 0. The topological polar surface area (TPSA) is 70.2 Å². The maximum absolute atomic E-state index is 12.6. The molecule has 30 heavy (non-hydrogen) atoms. The Labute approximate surface area is 182 Å². The first-order valence-corrected chi connectivity index (χ1v) is 11.1. The van der Waals surface area contributed by atoms with E-state index in [4.69, 9.17) is 16.3 Å². The minimum atomic E-state index is -0.170. The molecule has 7 nitrogen and oxygen atoms in total. The lowest BCUT2D eigenvalue weighted by Gasteiger charge is -2.36. The lowest BCUT2D eigenvalue weighted by Crippen LogP contribution is -2.49. The summed E-state index contributed by atoms with van der Waals surface area (Å²) in [7, 11) is 0. The summed E-state index contributed by atoms with van der Waals surface area (Å²) in [6.07, 6.45) is 1.71. The van der Waals surface area contributed by atoms with Gasteiger partial charge in [-0.1, -0.05) is 17.7 Å². The number of anilines is 1. The molecule has 2 saturated heterocycles. The zero-order chi connectivity index (χ0) is 21.5. The second kappa shape index (κ2) is 10.7. The molecule has 0 atom stereocenters. The number of carbonyl (C=O) groups is 3. The summed E-state index contributed by atoms with van der Waals surface area (Å²) >= 11 is 6.07. The van der Waals surface area contributed by atoms with E-state index in [1.165, 1.54) is 0 Å². The normalized spacial score (nSPS) is 17.7. The Morgan fingerprint density at radius 2 is 1.57 bits per heavy atom. The van der Waals surface area contributed by atoms with E-state index in [-0.39, 0.29) is 36.5 Å². The van der Waals surface area contributed by atoms with Crippen LogP contribution in [0.1, 0.15) is 32.6 Å². The molecule has 1 aromatic rings. The summed E-state index contributed by atoms with van der Waals surface area (Å²) in [5, 5.41) is 0.704. The molecule has 164 valence electrons. The second-order valence-corrected chi connectivity index (χ2v) is 8.19. The lowest BCUT2D eigenvalue weighted by molar-refractivity contribution is -0.151. The molecular formula is C22H30ClN3O4. The molecule has 8 heteroatoms. The van der Waals surface area contributed by atoms with E-state index in [2.05, 4.69) is 4.90 Å². The highest BCUT2D eigenvalue weighted by Gasteiger charge is 2.29. The highest BCUT2D eigenvalue weighted by atomic mass is 35.5. The van der Waals surface area contributed by atoms with Crippen molar-refractivity contribution in [3.05, 3.63) is 29.3 Å². The monoisotopic (exact) mass is 435 g/mol. The third kappa shape index (κ3) is 5.88. The van der Waals surface area contributed by atoms with Crippen LogP contribution in [0.5, 0.6) is 0 Å². The minimum absolute atomic E-state index is 0.0109. The lowest BCUT2D eigenvalue weighted by atomic mass is 9.96. The molecule has 2 aliphatic rings. The van der Waals surface area contributed by atoms with Gasteiger partial charge < -0.3 is 19.4 Å². The number of ether oxygens (including phenoxy) is 1. The Kier molecular flexibility index (Phi) is 7.96. The van der Waals surface area contributed by atoms with E-state index in [0.717, 1.165) is 18.8 Å². The van der Waals surface area contributed by atoms with Crippen LogP contribution in [0.2, 0.25) is 5.02 Å². The summed E-state index contributed by atoms with van der Waals surface area (Å²) in [6, 6.07) is 7.73. The largest absolute Gasteiger partial charge is 0.466 e. The van der Waals surface area contributed by atoms with Crippen molar-refractivity contribution in [3.8, 4) is 0 Å². The molecular weight excluding hydrogens is 406 g/mol. The smallest absolute Gasteiger partial charge is 0.309 e. The molecule has 2 fully saturated rings. The number of nitrogens with zero attached hydrogens (tertiary/aromatic N) is 3. The summed E-state index contributed by atoms with van der Waals surface area (Å²) in [5.74, 6) is -0.276. The fraction of sp³-hybridized carbons (Fsp3) is 0.591. The van der Waals surface area contributed by atoms with Crippen LogP contribution >= 0.6 is 11.6 Å². The highest BCUT2D eigenvalue weighted by Crippen LogP contribution is 2.22. The molecule has 0 N–H and O–H groups in total.